The molecule has 0 spiro atoms. The van der Waals surface area contributed by atoms with Crippen LogP contribution >= 0.6 is 0 Å². The summed E-state index contributed by atoms with van der Waals surface area (Å²) in [5, 5.41) is 2.89. The van der Waals surface area contributed by atoms with E-state index in [9.17, 15) is 9.59 Å². The molecule has 1 aromatic carbocycles. The summed E-state index contributed by atoms with van der Waals surface area (Å²) >= 11 is 0. The van der Waals surface area contributed by atoms with E-state index in [1.165, 1.54) is 13.3 Å². The summed E-state index contributed by atoms with van der Waals surface area (Å²) in [4.78, 5) is 25.5. The number of amides is 2. The molecule has 0 radical (unpaired) electrons. The molecule has 2 rings (SSSR count). The van der Waals surface area contributed by atoms with E-state index in [-0.39, 0.29) is 11.8 Å². The van der Waals surface area contributed by atoms with Crippen LogP contribution in [0.25, 0.3) is 0 Å². The number of piperidine rings is 1. The van der Waals surface area contributed by atoms with Crippen LogP contribution in [0.5, 0.6) is 0 Å². The van der Waals surface area contributed by atoms with E-state index in [1.807, 2.05) is 11.0 Å². The highest BCUT2D eigenvalue weighted by molar-refractivity contribution is 5.96. The Morgan fingerprint density at radius 2 is 2.20 bits per heavy atom. The molecule has 1 atom stereocenters. The number of urea groups is 1. The van der Waals surface area contributed by atoms with Gasteiger partial charge in [-0.3, -0.25) is 4.79 Å². The number of rotatable bonds is 3. The lowest BCUT2D eigenvalue weighted by Crippen LogP contribution is -2.42. The Bertz CT molecular complexity index is 499. The predicted molar refractivity (Wildman–Crippen MR) is 80.1 cm³/mol. The topological polar surface area (TPSA) is 49.4 Å². The van der Waals surface area contributed by atoms with Crippen molar-refractivity contribution >= 4 is 17.5 Å². The van der Waals surface area contributed by atoms with Gasteiger partial charge in [0.1, 0.15) is 0 Å². The fourth-order valence-corrected chi connectivity index (χ4v) is 2.60. The maximum atomic E-state index is 12.2. The molecule has 1 fully saturated rings. The van der Waals surface area contributed by atoms with Crippen LogP contribution in [0.4, 0.5) is 10.5 Å². The number of hydrogen-bond donors (Lipinski definition) is 1. The third-order valence-electron chi connectivity index (χ3n) is 3.90. The van der Waals surface area contributed by atoms with Crippen LogP contribution in [0.1, 0.15) is 43.5 Å². The Hall–Kier alpha value is -1.84. The average Bonchev–Trinajstić information content (AvgIpc) is 2.47. The van der Waals surface area contributed by atoms with Crippen molar-refractivity contribution in [2.45, 2.75) is 33.1 Å². The Morgan fingerprint density at radius 3 is 2.90 bits per heavy atom. The van der Waals surface area contributed by atoms with Gasteiger partial charge in [0.2, 0.25) is 0 Å². The third kappa shape index (κ3) is 3.59. The van der Waals surface area contributed by atoms with Crippen LogP contribution in [0.2, 0.25) is 0 Å². The van der Waals surface area contributed by atoms with Crippen molar-refractivity contribution < 1.29 is 9.59 Å². The van der Waals surface area contributed by atoms with Gasteiger partial charge in [0.25, 0.3) is 0 Å². The van der Waals surface area contributed by atoms with E-state index < -0.39 is 0 Å². The highest BCUT2D eigenvalue weighted by atomic mass is 16.2. The standard InChI is InChI=1S/C16H22N2O2/c1-3-13-6-5-9-18(11-13)16(20)17-15-8-4-7-14(10-15)12(2)19/h4,7-8,10,13H,3,5-6,9,11H2,1-2H3,(H,17,20)/t13-/m1/s1. The lowest BCUT2D eigenvalue weighted by atomic mass is 9.96. The van der Waals surface area contributed by atoms with Gasteiger partial charge in [-0.05, 0) is 37.8 Å². The molecule has 0 saturated carbocycles. The SMILES string of the molecule is CC[C@@H]1CCCN(C(=O)Nc2cccc(C(C)=O)c2)C1. The number of carbonyl (C=O) groups is 2. The molecule has 1 aliphatic rings. The summed E-state index contributed by atoms with van der Waals surface area (Å²) in [6.07, 6.45) is 3.39. The van der Waals surface area contributed by atoms with Gasteiger partial charge in [-0.15, -0.1) is 0 Å². The maximum Gasteiger partial charge on any atom is 0.321 e. The first-order valence-corrected chi connectivity index (χ1v) is 7.27. The summed E-state index contributed by atoms with van der Waals surface area (Å²) < 4.78 is 0. The van der Waals surface area contributed by atoms with Crippen molar-refractivity contribution in [2.24, 2.45) is 5.92 Å². The number of ketones is 1. The van der Waals surface area contributed by atoms with Crippen molar-refractivity contribution in [1.82, 2.24) is 4.90 Å². The minimum Gasteiger partial charge on any atom is -0.324 e. The normalized spacial score (nSPS) is 18.7. The number of anilines is 1. The molecule has 0 aromatic heterocycles. The smallest absolute Gasteiger partial charge is 0.321 e. The second-order valence-electron chi connectivity index (χ2n) is 5.43. The Labute approximate surface area is 120 Å². The Balaban J connectivity index is 2.00. The van der Waals surface area contributed by atoms with Crippen LogP contribution in [-0.4, -0.2) is 29.8 Å². The molecule has 0 unspecified atom stereocenters. The zero-order valence-corrected chi connectivity index (χ0v) is 12.2. The van der Waals surface area contributed by atoms with Crippen LogP contribution in [-0.2, 0) is 0 Å². The number of nitrogens with one attached hydrogen (secondary N) is 1. The van der Waals surface area contributed by atoms with E-state index in [1.54, 1.807) is 18.2 Å². The van der Waals surface area contributed by atoms with Gasteiger partial charge in [0.15, 0.2) is 5.78 Å². The third-order valence-corrected chi connectivity index (χ3v) is 3.90. The Kier molecular flexibility index (Phi) is 4.77. The fourth-order valence-electron chi connectivity index (χ4n) is 2.60. The summed E-state index contributed by atoms with van der Waals surface area (Å²) in [5.74, 6) is 0.614. The molecule has 1 aliphatic heterocycles. The van der Waals surface area contributed by atoms with Crippen molar-refractivity contribution in [2.75, 3.05) is 18.4 Å². The second kappa shape index (κ2) is 6.55. The van der Waals surface area contributed by atoms with Gasteiger partial charge < -0.3 is 10.2 Å². The molecule has 108 valence electrons. The summed E-state index contributed by atoms with van der Waals surface area (Å²) in [6.45, 7) is 5.34. The van der Waals surface area contributed by atoms with Crippen LogP contribution in [0.15, 0.2) is 24.3 Å². The van der Waals surface area contributed by atoms with Gasteiger partial charge in [0, 0.05) is 24.3 Å². The molecular weight excluding hydrogens is 252 g/mol. The quantitative estimate of drug-likeness (QED) is 0.857. The van der Waals surface area contributed by atoms with Gasteiger partial charge in [-0.25, -0.2) is 4.79 Å². The molecule has 4 heteroatoms. The minimum atomic E-state index is -0.0659. The molecule has 0 aliphatic carbocycles. The van der Waals surface area contributed by atoms with Crippen molar-refractivity contribution in [3.05, 3.63) is 29.8 Å². The van der Waals surface area contributed by atoms with E-state index >= 15 is 0 Å². The summed E-state index contributed by atoms with van der Waals surface area (Å²) in [5.41, 5.74) is 1.30. The lowest BCUT2D eigenvalue weighted by molar-refractivity contribution is 0.101. The van der Waals surface area contributed by atoms with Crippen molar-refractivity contribution in [1.29, 1.82) is 0 Å². The first-order valence-electron chi connectivity index (χ1n) is 7.27. The van der Waals surface area contributed by atoms with Crippen LogP contribution in [0, 0.1) is 5.92 Å². The van der Waals surface area contributed by atoms with Crippen molar-refractivity contribution in [3.63, 3.8) is 0 Å². The van der Waals surface area contributed by atoms with Gasteiger partial charge in [0.05, 0.1) is 0 Å². The highest BCUT2D eigenvalue weighted by Crippen LogP contribution is 2.20. The molecule has 1 N–H and O–H groups in total. The van der Waals surface area contributed by atoms with E-state index in [0.717, 1.165) is 25.9 Å². The first-order chi connectivity index (χ1) is 9.60. The number of nitrogens with zero attached hydrogens (tertiary/aromatic N) is 1. The van der Waals surface area contributed by atoms with Gasteiger partial charge in [-0.1, -0.05) is 25.5 Å². The van der Waals surface area contributed by atoms with E-state index in [4.69, 9.17) is 0 Å². The molecule has 1 saturated heterocycles. The number of likely N-dealkylation sites (tertiary alicyclic amines) is 1. The lowest BCUT2D eigenvalue weighted by Gasteiger charge is -2.32. The molecule has 0 bridgehead atoms. The van der Waals surface area contributed by atoms with Crippen LogP contribution in [0.3, 0.4) is 0 Å². The number of carbonyl (C=O) groups excluding carboxylic acids is 2. The largest absolute Gasteiger partial charge is 0.324 e. The minimum absolute atomic E-state index is 0.00474. The predicted octanol–water partition coefficient (Wildman–Crippen LogP) is 3.54. The molecular formula is C16H22N2O2. The molecule has 1 heterocycles. The average molecular weight is 274 g/mol. The van der Waals surface area contributed by atoms with E-state index in [0.29, 0.717) is 17.2 Å². The summed E-state index contributed by atoms with van der Waals surface area (Å²) in [6, 6.07) is 7.01. The number of Topliss-reactive ketones (excluding diaryl/α,β-unsaturated/α-hetero) is 1. The highest BCUT2D eigenvalue weighted by Gasteiger charge is 2.22. The number of benzene rings is 1. The zero-order chi connectivity index (χ0) is 14.5. The maximum absolute atomic E-state index is 12.2. The first kappa shape index (κ1) is 14.6. The number of hydrogen-bond acceptors (Lipinski definition) is 2. The second-order valence-corrected chi connectivity index (χ2v) is 5.43. The van der Waals surface area contributed by atoms with Gasteiger partial charge in [-0.2, -0.15) is 0 Å². The fraction of sp³-hybridized carbons (Fsp3) is 0.500. The molecule has 1 aromatic rings. The van der Waals surface area contributed by atoms with Crippen LogP contribution < -0.4 is 5.32 Å². The summed E-state index contributed by atoms with van der Waals surface area (Å²) in [7, 11) is 0. The molecule has 4 nitrogen and oxygen atoms in total. The zero-order valence-electron chi connectivity index (χ0n) is 12.2. The molecule has 2 amide bonds. The monoisotopic (exact) mass is 274 g/mol. The molecule has 20 heavy (non-hydrogen) atoms. The van der Waals surface area contributed by atoms with Gasteiger partial charge >= 0.3 is 6.03 Å². The Morgan fingerprint density at radius 1 is 1.40 bits per heavy atom. The van der Waals surface area contributed by atoms with Crippen molar-refractivity contribution in [3.8, 4) is 0 Å². The van der Waals surface area contributed by atoms with E-state index in [2.05, 4.69) is 12.2 Å².